The van der Waals surface area contributed by atoms with Crippen molar-refractivity contribution in [2.75, 3.05) is 16.8 Å². The van der Waals surface area contributed by atoms with Crippen molar-refractivity contribution in [1.82, 2.24) is 0 Å². The first-order valence-corrected chi connectivity index (χ1v) is 8.26. The van der Waals surface area contributed by atoms with Crippen molar-refractivity contribution in [1.29, 1.82) is 0 Å². The Morgan fingerprint density at radius 3 is 2.65 bits per heavy atom. The van der Waals surface area contributed by atoms with E-state index in [9.17, 15) is 9.59 Å². The normalized spacial score (nSPS) is 17.4. The summed E-state index contributed by atoms with van der Waals surface area (Å²) in [6.45, 7) is 2.36. The quantitative estimate of drug-likeness (QED) is 0.891. The van der Waals surface area contributed by atoms with Gasteiger partial charge in [0.25, 0.3) is 0 Å². The molecule has 3 rings (SSSR count). The SMILES string of the molecule is Cc1cc(Br)ccc1NC(=O)[C@@H]1CC(=O)N(c2ccccc2)C1. The Kier molecular flexibility index (Phi) is 4.48. The zero-order chi connectivity index (χ0) is 16.4. The van der Waals surface area contributed by atoms with Crippen LogP contribution in [-0.4, -0.2) is 18.4 Å². The van der Waals surface area contributed by atoms with Gasteiger partial charge in [0.2, 0.25) is 11.8 Å². The number of carbonyl (C=O) groups is 2. The van der Waals surface area contributed by atoms with Crippen molar-refractivity contribution in [2.24, 2.45) is 5.92 Å². The molecule has 0 aromatic heterocycles. The maximum Gasteiger partial charge on any atom is 0.229 e. The Bertz CT molecular complexity index is 746. The van der Waals surface area contributed by atoms with E-state index in [1.165, 1.54) is 0 Å². The predicted octanol–water partition coefficient (Wildman–Crippen LogP) is 3.75. The summed E-state index contributed by atoms with van der Waals surface area (Å²) in [7, 11) is 0. The van der Waals surface area contributed by atoms with Crippen molar-refractivity contribution in [3.8, 4) is 0 Å². The number of amides is 2. The monoisotopic (exact) mass is 372 g/mol. The van der Waals surface area contributed by atoms with Gasteiger partial charge in [0.15, 0.2) is 0 Å². The van der Waals surface area contributed by atoms with E-state index in [-0.39, 0.29) is 24.2 Å². The van der Waals surface area contributed by atoms with Gasteiger partial charge in [-0.05, 0) is 42.8 Å². The van der Waals surface area contributed by atoms with Crippen molar-refractivity contribution >= 4 is 39.1 Å². The molecule has 2 aromatic rings. The van der Waals surface area contributed by atoms with Gasteiger partial charge in [-0.25, -0.2) is 0 Å². The highest BCUT2D eigenvalue weighted by Crippen LogP contribution is 2.27. The van der Waals surface area contributed by atoms with Crippen molar-refractivity contribution < 1.29 is 9.59 Å². The molecule has 5 heteroatoms. The van der Waals surface area contributed by atoms with Gasteiger partial charge in [0.05, 0.1) is 5.92 Å². The second-order valence-electron chi connectivity index (χ2n) is 5.69. The zero-order valence-electron chi connectivity index (χ0n) is 12.8. The first kappa shape index (κ1) is 15.7. The highest BCUT2D eigenvalue weighted by atomic mass is 79.9. The highest BCUT2D eigenvalue weighted by Gasteiger charge is 2.35. The molecule has 4 nitrogen and oxygen atoms in total. The maximum absolute atomic E-state index is 12.5. The Labute approximate surface area is 143 Å². The molecule has 1 heterocycles. The summed E-state index contributed by atoms with van der Waals surface area (Å²) in [5.74, 6) is -0.447. The number of nitrogens with one attached hydrogen (secondary N) is 1. The van der Waals surface area contributed by atoms with E-state index < -0.39 is 0 Å². The fourth-order valence-electron chi connectivity index (χ4n) is 2.74. The average Bonchev–Trinajstić information content (AvgIpc) is 2.93. The third kappa shape index (κ3) is 3.45. The molecule has 1 saturated heterocycles. The van der Waals surface area contributed by atoms with Gasteiger partial charge in [-0.15, -0.1) is 0 Å². The molecule has 0 radical (unpaired) electrons. The van der Waals surface area contributed by atoms with Crippen LogP contribution < -0.4 is 10.2 Å². The topological polar surface area (TPSA) is 49.4 Å². The zero-order valence-corrected chi connectivity index (χ0v) is 14.3. The smallest absolute Gasteiger partial charge is 0.229 e. The molecule has 1 atom stereocenters. The number of hydrogen-bond acceptors (Lipinski definition) is 2. The summed E-state index contributed by atoms with van der Waals surface area (Å²) in [4.78, 5) is 26.3. The first-order chi connectivity index (χ1) is 11.0. The second-order valence-corrected chi connectivity index (χ2v) is 6.61. The molecule has 0 saturated carbocycles. The number of aryl methyl sites for hydroxylation is 1. The van der Waals surface area contributed by atoms with Gasteiger partial charge < -0.3 is 10.2 Å². The summed E-state index contributed by atoms with van der Waals surface area (Å²) in [6.07, 6.45) is 0.246. The number of nitrogens with zero attached hydrogens (tertiary/aromatic N) is 1. The van der Waals surface area contributed by atoms with Crippen LogP contribution in [0.1, 0.15) is 12.0 Å². The van der Waals surface area contributed by atoms with Gasteiger partial charge >= 0.3 is 0 Å². The summed E-state index contributed by atoms with van der Waals surface area (Å²) in [6, 6.07) is 15.2. The molecule has 1 aliphatic heterocycles. The molecule has 23 heavy (non-hydrogen) atoms. The van der Waals surface area contributed by atoms with E-state index in [2.05, 4.69) is 21.2 Å². The van der Waals surface area contributed by atoms with Crippen LogP contribution in [0.2, 0.25) is 0 Å². The van der Waals surface area contributed by atoms with E-state index in [4.69, 9.17) is 0 Å². The summed E-state index contributed by atoms with van der Waals surface area (Å²) < 4.78 is 0.972. The molecular weight excluding hydrogens is 356 g/mol. The van der Waals surface area contributed by atoms with Crippen LogP contribution in [0.25, 0.3) is 0 Å². The minimum atomic E-state index is -0.328. The van der Waals surface area contributed by atoms with E-state index in [0.29, 0.717) is 6.54 Å². The van der Waals surface area contributed by atoms with Gasteiger partial charge in [-0.1, -0.05) is 34.1 Å². The lowest BCUT2D eigenvalue weighted by Gasteiger charge is -2.17. The van der Waals surface area contributed by atoms with Crippen molar-refractivity contribution in [3.05, 3.63) is 58.6 Å². The average molecular weight is 373 g/mol. The molecule has 0 aliphatic carbocycles. The van der Waals surface area contributed by atoms with Crippen LogP contribution in [-0.2, 0) is 9.59 Å². The lowest BCUT2D eigenvalue weighted by Crippen LogP contribution is -2.28. The number of para-hydroxylation sites is 1. The molecule has 0 bridgehead atoms. The minimum absolute atomic E-state index is 0.0103. The van der Waals surface area contributed by atoms with Gasteiger partial charge in [-0.3, -0.25) is 9.59 Å². The Morgan fingerprint density at radius 1 is 1.22 bits per heavy atom. The molecule has 2 aromatic carbocycles. The molecule has 0 spiro atoms. The lowest BCUT2D eigenvalue weighted by molar-refractivity contribution is -0.122. The molecular formula is C18H17BrN2O2. The minimum Gasteiger partial charge on any atom is -0.326 e. The number of benzene rings is 2. The predicted molar refractivity (Wildman–Crippen MR) is 94.4 cm³/mol. The fourth-order valence-corrected chi connectivity index (χ4v) is 3.22. The molecule has 118 valence electrons. The number of anilines is 2. The number of hydrogen-bond donors (Lipinski definition) is 1. The van der Waals surface area contributed by atoms with Crippen LogP contribution >= 0.6 is 15.9 Å². The molecule has 0 unspecified atom stereocenters. The summed E-state index contributed by atoms with van der Waals surface area (Å²) >= 11 is 3.41. The maximum atomic E-state index is 12.5. The van der Waals surface area contributed by atoms with Crippen molar-refractivity contribution in [3.63, 3.8) is 0 Å². The van der Waals surface area contributed by atoms with Crippen LogP contribution in [0.5, 0.6) is 0 Å². The van der Waals surface area contributed by atoms with Crippen LogP contribution in [0.3, 0.4) is 0 Å². The Hall–Kier alpha value is -2.14. The standard InChI is InChI=1S/C18H17BrN2O2/c1-12-9-14(19)7-8-16(12)20-18(23)13-10-17(22)21(11-13)15-5-3-2-4-6-15/h2-9,13H,10-11H2,1H3,(H,20,23)/t13-/m1/s1. The highest BCUT2D eigenvalue weighted by molar-refractivity contribution is 9.10. The largest absolute Gasteiger partial charge is 0.326 e. The Morgan fingerprint density at radius 2 is 1.96 bits per heavy atom. The molecule has 2 amide bonds. The van der Waals surface area contributed by atoms with Gasteiger partial charge in [-0.2, -0.15) is 0 Å². The van der Waals surface area contributed by atoms with E-state index >= 15 is 0 Å². The van der Waals surface area contributed by atoms with Gasteiger partial charge in [0, 0.05) is 28.8 Å². The van der Waals surface area contributed by atoms with Crippen LogP contribution in [0, 0.1) is 12.8 Å². The number of rotatable bonds is 3. The second kappa shape index (κ2) is 6.54. The van der Waals surface area contributed by atoms with E-state index in [1.54, 1.807) is 4.90 Å². The number of halogens is 1. The fraction of sp³-hybridized carbons (Fsp3) is 0.222. The molecule has 1 N–H and O–H groups in total. The number of carbonyl (C=O) groups excluding carboxylic acids is 2. The molecule has 1 aliphatic rings. The lowest BCUT2D eigenvalue weighted by atomic mass is 10.1. The van der Waals surface area contributed by atoms with E-state index in [1.807, 2.05) is 55.5 Å². The third-order valence-electron chi connectivity index (χ3n) is 4.01. The summed E-state index contributed by atoms with van der Waals surface area (Å²) in [5.41, 5.74) is 2.60. The van der Waals surface area contributed by atoms with Gasteiger partial charge in [0.1, 0.15) is 0 Å². The van der Waals surface area contributed by atoms with E-state index in [0.717, 1.165) is 21.4 Å². The first-order valence-electron chi connectivity index (χ1n) is 7.47. The summed E-state index contributed by atoms with van der Waals surface area (Å²) in [5, 5.41) is 2.93. The van der Waals surface area contributed by atoms with Crippen LogP contribution in [0.4, 0.5) is 11.4 Å². The van der Waals surface area contributed by atoms with Crippen LogP contribution in [0.15, 0.2) is 53.0 Å². The Balaban J connectivity index is 1.71. The third-order valence-corrected chi connectivity index (χ3v) is 4.50. The molecule has 1 fully saturated rings. The van der Waals surface area contributed by atoms with Crippen molar-refractivity contribution in [2.45, 2.75) is 13.3 Å².